The Balaban J connectivity index is 3.83. The van der Waals surface area contributed by atoms with Crippen LogP contribution in [-0.2, 0) is 4.79 Å². The first-order chi connectivity index (χ1) is 7.60. The van der Waals surface area contributed by atoms with Crippen molar-refractivity contribution in [3.8, 4) is 0 Å². The van der Waals surface area contributed by atoms with E-state index in [1.807, 2.05) is 19.9 Å². The lowest BCUT2D eigenvalue weighted by atomic mass is 10.1. The third-order valence-electron chi connectivity index (χ3n) is 2.46. The smallest absolute Gasteiger partial charge is 0.155 e. The first-order valence-corrected chi connectivity index (χ1v) is 5.67. The Morgan fingerprint density at radius 1 is 1.12 bits per heavy atom. The zero-order valence-corrected chi connectivity index (χ0v) is 10.3. The molecule has 0 saturated heterocycles. The zero-order valence-electron chi connectivity index (χ0n) is 10.3. The van der Waals surface area contributed by atoms with Crippen molar-refractivity contribution in [3.05, 3.63) is 36.0 Å². The number of rotatable bonds is 8. The van der Waals surface area contributed by atoms with E-state index in [0.717, 1.165) is 19.3 Å². The predicted molar refractivity (Wildman–Crippen MR) is 68.3 cm³/mol. The molecule has 0 amide bonds. The Morgan fingerprint density at radius 3 is 2.31 bits per heavy atom. The molecule has 0 bridgehead atoms. The number of ketones is 1. The molecule has 0 aliphatic rings. The summed E-state index contributed by atoms with van der Waals surface area (Å²) in [5.41, 5.74) is 2.45. The van der Waals surface area contributed by atoms with Crippen LogP contribution >= 0.6 is 0 Å². The fourth-order valence-electron chi connectivity index (χ4n) is 1.33. The van der Waals surface area contributed by atoms with Gasteiger partial charge in [-0.05, 0) is 39.2 Å². The fraction of sp³-hybridized carbons (Fsp3) is 0.500. The lowest BCUT2D eigenvalue weighted by Gasteiger charge is -2.00. The summed E-state index contributed by atoms with van der Waals surface area (Å²) >= 11 is 0. The molecule has 0 aliphatic carbocycles. The van der Waals surface area contributed by atoms with Crippen LogP contribution in [0, 0.1) is 0 Å². The van der Waals surface area contributed by atoms with Gasteiger partial charge in [0, 0.05) is 6.42 Å². The first-order valence-electron chi connectivity index (χ1n) is 5.67. The molecule has 0 aromatic heterocycles. The minimum atomic E-state index is 0.101. The number of aliphatic hydroxyl groups is 1. The number of carbonyl (C=O) groups is 1. The Bertz CT molecular complexity index is 285. The van der Waals surface area contributed by atoms with Gasteiger partial charge in [-0.2, -0.15) is 0 Å². The van der Waals surface area contributed by atoms with E-state index in [-0.39, 0.29) is 12.4 Å². The van der Waals surface area contributed by atoms with Gasteiger partial charge in [0.1, 0.15) is 0 Å². The summed E-state index contributed by atoms with van der Waals surface area (Å²) < 4.78 is 0. The van der Waals surface area contributed by atoms with Crippen LogP contribution in [0.15, 0.2) is 36.0 Å². The van der Waals surface area contributed by atoms with Crippen molar-refractivity contribution >= 4 is 5.78 Å². The number of carbonyl (C=O) groups excluding carboxylic acids is 1. The van der Waals surface area contributed by atoms with Gasteiger partial charge < -0.3 is 5.11 Å². The van der Waals surface area contributed by atoms with E-state index in [1.54, 1.807) is 0 Å². The molecular formula is C14H22O2. The van der Waals surface area contributed by atoms with E-state index < -0.39 is 0 Å². The van der Waals surface area contributed by atoms with Gasteiger partial charge in [-0.3, -0.25) is 4.79 Å². The monoisotopic (exact) mass is 222 g/mol. The van der Waals surface area contributed by atoms with Gasteiger partial charge in [0.05, 0.1) is 6.61 Å². The molecule has 16 heavy (non-hydrogen) atoms. The lowest BCUT2D eigenvalue weighted by Crippen LogP contribution is -1.91. The molecule has 0 radical (unpaired) electrons. The topological polar surface area (TPSA) is 37.3 Å². The fourth-order valence-corrected chi connectivity index (χ4v) is 1.33. The third-order valence-corrected chi connectivity index (χ3v) is 2.46. The van der Waals surface area contributed by atoms with Crippen molar-refractivity contribution in [3.63, 3.8) is 0 Å². The van der Waals surface area contributed by atoms with Gasteiger partial charge >= 0.3 is 0 Å². The largest absolute Gasteiger partial charge is 0.392 e. The first kappa shape index (κ1) is 14.8. The molecule has 0 aromatic rings. The van der Waals surface area contributed by atoms with Crippen LogP contribution < -0.4 is 0 Å². The van der Waals surface area contributed by atoms with E-state index in [2.05, 4.69) is 12.7 Å². The maximum Gasteiger partial charge on any atom is 0.155 e. The van der Waals surface area contributed by atoms with Crippen LogP contribution in [0.4, 0.5) is 0 Å². The second kappa shape index (κ2) is 9.10. The minimum absolute atomic E-state index is 0.101. The van der Waals surface area contributed by atoms with Crippen LogP contribution in [0.3, 0.4) is 0 Å². The van der Waals surface area contributed by atoms with Gasteiger partial charge in [-0.15, -0.1) is 0 Å². The Kier molecular flexibility index (Phi) is 8.45. The summed E-state index contributed by atoms with van der Waals surface area (Å²) in [6.07, 6.45) is 8.66. The average Bonchev–Trinajstić information content (AvgIpc) is 2.26. The third kappa shape index (κ3) is 8.18. The summed E-state index contributed by atoms with van der Waals surface area (Å²) in [6, 6.07) is 0. The maximum absolute atomic E-state index is 11.0. The second-order valence-corrected chi connectivity index (χ2v) is 3.99. The standard InChI is InChI=1S/C14H22O2/c1-4-14(16)9-8-12(2)6-5-7-13(3)10-11-15/h4,6,10,15H,1,5,7-9,11H2,2-3H3. The van der Waals surface area contributed by atoms with Crippen molar-refractivity contribution in [2.45, 2.75) is 39.5 Å². The van der Waals surface area contributed by atoms with Crippen molar-refractivity contribution in [1.29, 1.82) is 0 Å². The molecule has 0 saturated carbocycles. The zero-order chi connectivity index (χ0) is 12.4. The average molecular weight is 222 g/mol. The molecule has 0 rings (SSSR count). The van der Waals surface area contributed by atoms with Crippen molar-refractivity contribution in [2.75, 3.05) is 6.61 Å². The van der Waals surface area contributed by atoms with Crippen molar-refractivity contribution in [2.24, 2.45) is 0 Å². The summed E-state index contributed by atoms with van der Waals surface area (Å²) in [4.78, 5) is 11.0. The van der Waals surface area contributed by atoms with Crippen LogP contribution in [0.25, 0.3) is 0 Å². The van der Waals surface area contributed by atoms with E-state index in [1.165, 1.54) is 17.2 Å². The Hall–Kier alpha value is -1.15. The van der Waals surface area contributed by atoms with Crippen LogP contribution in [0.2, 0.25) is 0 Å². The summed E-state index contributed by atoms with van der Waals surface area (Å²) in [7, 11) is 0. The quantitative estimate of drug-likeness (QED) is 0.506. The predicted octanol–water partition coefficient (Wildman–Crippen LogP) is 3.19. The van der Waals surface area contributed by atoms with Crippen molar-refractivity contribution in [1.82, 2.24) is 0 Å². The number of allylic oxidation sites excluding steroid dienone is 4. The highest BCUT2D eigenvalue weighted by Gasteiger charge is 1.96. The van der Waals surface area contributed by atoms with E-state index in [9.17, 15) is 4.79 Å². The second-order valence-electron chi connectivity index (χ2n) is 3.99. The number of aliphatic hydroxyl groups excluding tert-OH is 1. The van der Waals surface area contributed by atoms with Crippen LogP contribution in [-0.4, -0.2) is 17.5 Å². The van der Waals surface area contributed by atoms with E-state index >= 15 is 0 Å². The van der Waals surface area contributed by atoms with Gasteiger partial charge in [-0.25, -0.2) is 0 Å². The highest BCUT2D eigenvalue weighted by Crippen LogP contribution is 2.10. The molecule has 2 nitrogen and oxygen atoms in total. The highest BCUT2D eigenvalue weighted by molar-refractivity contribution is 5.89. The Labute approximate surface area is 98.4 Å². The molecule has 0 unspecified atom stereocenters. The molecule has 0 aliphatic heterocycles. The van der Waals surface area contributed by atoms with Crippen molar-refractivity contribution < 1.29 is 9.90 Å². The molecule has 90 valence electrons. The highest BCUT2D eigenvalue weighted by atomic mass is 16.2. The minimum Gasteiger partial charge on any atom is -0.392 e. The summed E-state index contributed by atoms with van der Waals surface area (Å²) in [5.74, 6) is 0.101. The van der Waals surface area contributed by atoms with E-state index in [0.29, 0.717) is 6.42 Å². The van der Waals surface area contributed by atoms with Gasteiger partial charge in [0.2, 0.25) is 0 Å². The molecule has 1 N–H and O–H groups in total. The molecule has 0 atom stereocenters. The van der Waals surface area contributed by atoms with Gasteiger partial charge in [0.25, 0.3) is 0 Å². The SMILES string of the molecule is C=CC(=O)CCC(C)=CCCC(C)=CCO. The van der Waals surface area contributed by atoms with Gasteiger partial charge in [-0.1, -0.05) is 29.9 Å². The van der Waals surface area contributed by atoms with Crippen LogP contribution in [0.1, 0.15) is 39.5 Å². The molecule has 0 spiro atoms. The number of hydrogen-bond donors (Lipinski definition) is 1. The summed E-state index contributed by atoms with van der Waals surface area (Å²) in [6.45, 7) is 7.62. The number of hydrogen-bond acceptors (Lipinski definition) is 2. The molecule has 0 aromatic carbocycles. The molecule has 2 heteroatoms. The van der Waals surface area contributed by atoms with Crippen LogP contribution in [0.5, 0.6) is 0 Å². The molecule has 0 fully saturated rings. The molecule has 0 heterocycles. The maximum atomic E-state index is 11.0. The van der Waals surface area contributed by atoms with E-state index in [4.69, 9.17) is 5.11 Å². The Morgan fingerprint density at radius 2 is 1.75 bits per heavy atom. The normalized spacial score (nSPS) is 12.7. The lowest BCUT2D eigenvalue weighted by molar-refractivity contribution is -0.114. The molecular weight excluding hydrogens is 200 g/mol. The summed E-state index contributed by atoms with van der Waals surface area (Å²) in [5, 5.41) is 8.68. The van der Waals surface area contributed by atoms with Gasteiger partial charge in [0.15, 0.2) is 5.78 Å².